The standard InChI is InChI=1S/C25H52NO7P/c1-6-8-10-12-13-15-17-20-30-22-24(33-25(27)18-16-14-11-9-7-2)23-32-34(28,29)31-21-19-26(3,4)5/h24H,6-23H2,1-5H3/p+1. The average molecular weight is 511 g/mol. The van der Waals surface area contributed by atoms with Gasteiger partial charge in [-0.3, -0.25) is 13.8 Å². The minimum absolute atomic E-state index is 0.0915. The first-order chi connectivity index (χ1) is 16.1. The number of quaternary nitrogens is 1. The Morgan fingerprint density at radius 3 is 1.94 bits per heavy atom. The summed E-state index contributed by atoms with van der Waals surface area (Å²) < 4.78 is 34.2. The summed E-state index contributed by atoms with van der Waals surface area (Å²) in [4.78, 5) is 22.2. The van der Waals surface area contributed by atoms with E-state index in [1.165, 1.54) is 32.1 Å². The Morgan fingerprint density at radius 1 is 0.794 bits per heavy atom. The second kappa shape index (κ2) is 20.7. The molecule has 0 aromatic heterocycles. The smallest absolute Gasteiger partial charge is 0.457 e. The summed E-state index contributed by atoms with van der Waals surface area (Å²) in [5.41, 5.74) is 0. The molecule has 1 N–H and O–H groups in total. The third-order valence-electron chi connectivity index (χ3n) is 5.42. The Bertz CT molecular complexity index is 540. The molecule has 0 spiro atoms. The van der Waals surface area contributed by atoms with Crippen molar-refractivity contribution in [3.8, 4) is 0 Å². The summed E-state index contributed by atoms with van der Waals surface area (Å²) in [5.74, 6) is -0.330. The molecule has 0 heterocycles. The molecule has 2 atom stereocenters. The number of carbonyl (C=O) groups excluding carboxylic acids is 1. The summed E-state index contributed by atoms with van der Waals surface area (Å²) in [6, 6.07) is 0. The molecule has 0 aliphatic rings. The largest absolute Gasteiger partial charge is 0.472 e. The molecule has 0 aromatic carbocycles. The van der Waals surface area contributed by atoms with Gasteiger partial charge in [0.15, 0.2) is 0 Å². The van der Waals surface area contributed by atoms with E-state index in [-0.39, 0.29) is 25.8 Å². The number of phosphoric acid groups is 1. The summed E-state index contributed by atoms with van der Waals surface area (Å²) in [7, 11) is 1.67. The lowest BCUT2D eigenvalue weighted by Crippen LogP contribution is -2.37. The summed E-state index contributed by atoms with van der Waals surface area (Å²) in [6.07, 6.45) is 13.1. The Morgan fingerprint density at radius 2 is 1.35 bits per heavy atom. The van der Waals surface area contributed by atoms with Crippen LogP contribution in [-0.2, 0) is 27.9 Å². The monoisotopic (exact) mass is 510 g/mol. The molecule has 2 unspecified atom stereocenters. The minimum atomic E-state index is -4.23. The van der Waals surface area contributed by atoms with Crippen LogP contribution in [0.15, 0.2) is 0 Å². The van der Waals surface area contributed by atoms with Crippen LogP contribution in [0.1, 0.15) is 97.3 Å². The predicted molar refractivity (Wildman–Crippen MR) is 137 cm³/mol. The van der Waals surface area contributed by atoms with Gasteiger partial charge in [0.25, 0.3) is 0 Å². The second-order valence-electron chi connectivity index (χ2n) is 10.1. The number of phosphoric ester groups is 1. The molecular weight excluding hydrogens is 457 g/mol. The first-order valence-corrected chi connectivity index (χ1v) is 14.8. The van der Waals surface area contributed by atoms with E-state index in [4.69, 9.17) is 18.5 Å². The maximum Gasteiger partial charge on any atom is 0.472 e. The fourth-order valence-corrected chi connectivity index (χ4v) is 4.00. The van der Waals surface area contributed by atoms with Gasteiger partial charge in [0, 0.05) is 13.0 Å². The number of likely N-dealkylation sites (N-methyl/N-ethyl adjacent to an activating group) is 1. The molecule has 8 nitrogen and oxygen atoms in total. The molecule has 0 aromatic rings. The molecule has 204 valence electrons. The van der Waals surface area contributed by atoms with Gasteiger partial charge in [-0.25, -0.2) is 4.57 Å². The van der Waals surface area contributed by atoms with E-state index >= 15 is 0 Å². The van der Waals surface area contributed by atoms with E-state index in [2.05, 4.69) is 13.8 Å². The number of esters is 1. The molecule has 0 saturated heterocycles. The third kappa shape index (κ3) is 23.3. The van der Waals surface area contributed by atoms with Crippen LogP contribution in [0.2, 0.25) is 0 Å². The van der Waals surface area contributed by atoms with Crippen molar-refractivity contribution in [2.24, 2.45) is 0 Å². The van der Waals surface area contributed by atoms with E-state index < -0.39 is 13.9 Å². The van der Waals surface area contributed by atoms with Crippen molar-refractivity contribution in [3.05, 3.63) is 0 Å². The van der Waals surface area contributed by atoms with Crippen LogP contribution in [-0.4, -0.2) is 75.6 Å². The molecule has 0 amide bonds. The first-order valence-electron chi connectivity index (χ1n) is 13.3. The highest BCUT2D eigenvalue weighted by molar-refractivity contribution is 7.47. The average Bonchev–Trinajstić information content (AvgIpc) is 2.75. The zero-order valence-corrected chi connectivity index (χ0v) is 23.5. The van der Waals surface area contributed by atoms with Crippen LogP contribution in [0.4, 0.5) is 0 Å². The zero-order valence-electron chi connectivity index (χ0n) is 22.6. The third-order valence-corrected chi connectivity index (χ3v) is 6.40. The Hall–Kier alpha value is -0.500. The van der Waals surface area contributed by atoms with Gasteiger partial charge in [0.1, 0.15) is 19.3 Å². The maximum atomic E-state index is 12.3. The summed E-state index contributed by atoms with van der Waals surface area (Å²) in [5, 5.41) is 0. The van der Waals surface area contributed by atoms with Crippen LogP contribution in [0.3, 0.4) is 0 Å². The van der Waals surface area contributed by atoms with E-state index in [0.717, 1.165) is 44.9 Å². The summed E-state index contributed by atoms with van der Waals surface area (Å²) in [6.45, 7) is 5.47. The fourth-order valence-electron chi connectivity index (χ4n) is 3.25. The minimum Gasteiger partial charge on any atom is -0.457 e. The highest BCUT2D eigenvalue weighted by Crippen LogP contribution is 2.43. The van der Waals surface area contributed by atoms with E-state index in [0.29, 0.717) is 24.1 Å². The van der Waals surface area contributed by atoms with Gasteiger partial charge in [0.2, 0.25) is 0 Å². The number of rotatable bonds is 24. The maximum absolute atomic E-state index is 12.3. The highest BCUT2D eigenvalue weighted by Gasteiger charge is 2.26. The van der Waals surface area contributed by atoms with Crippen molar-refractivity contribution in [1.29, 1.82) is 0 Å². The molecule has 0 aliphatic carbocycles. The molecule has 34 heavy (non-hydrogen) atoms. The quantitative estimate of drug-likeness (QED) is 0.0752. The molecular formula is C25H53NO7P+. The van der Waals surface area contributed by atoms with Crippen molar-refractivity contribution in [2.75, 3.05) is 54.1 Å². The number of ether oxygens (including phenoxy) is 2. The van der Waals surface area contributed by atoms with Gasteiger partial charge in [-0.2, -0.15) is 0 Å². The fraction of sp³-hybridized carbons (Fsp3) is 0.960. The van der Waals surface area contributed by atoms with Crippen molar-refractivity contribution in [2.45, 2.75) is 103 Å². The number of nitrogens with zero attached hydrogens (tertiary/aromatic N) is 1. The Balaban J connectivity index is 4.43. The lowest BCUT2D eigenvalue weighted by molar-refractivity contribution is -0.870. The molecule has 0 saturated carbocycles. The van der Waals surface area contributed by atoms with E-state index in [1.54, 1.807) is 0 Å². The number of hydrogen-bond acceptors (Lipinski definition) is 6. The number of unbranched alkanes of at least 4 members (excludes halogenated alkanes) is 10. The van der Waals surface area contributed by atoms with Crippen LogP contribution in [0, 0.1) is 0 Å². The van der Waals surface area contributed by atoms with E-state index in [9.17, 15) is 14.3 Å². The SMILES string of the molecule is CCCCCCCCCOCC(COP(=O)(O)OCC[N+](C)(C)C)OC(=O)CCCCCCC. The number of hydrogen-bond donors (Lipinski definition) is 1. The molecule has 0 aliphatic heterocycles. The van der Waals surface area contributed by atoms with Crippen LogP contribution in [0.25, 0.3) is 0 Å². The highest BCUT2D eigenvalue weighted by atomic mass is 31.2. The Kier molecular flexibility index (Phi) is 20.4. The molecule has 0 radical (unpaired) electrons. The normalized spacial score (nSPS) is 14.6. The molecule has 0 bridgehead atoms. The zero-order chi connectivity index (χ0) is 25.7. The van der Waals surface area contributed by atoms with E-state index in [1.807, 2.05) is 21.1 Å². The second-order valence-corrected chi connectivity index (χ2v) is 11.5. The van der Waals surface area contributed by atoms with Gasteiger partial charge in [0.05, 0.1) is 34.4 Å². The first kappa shape index (κ1) is 33.5. The number of carbonyl (C=O) groups is 1. The van der Waals surface area contributed by atoms with Crippen molar-refractivity contribution >= 4 is 13.8 Å². The van der Waals surface area contributed by atoms with Crippen molar-refractivity contribution < 1.29 is 37.3 Å². The molecule has 9 heteroatoms. The topological polar surface area (TPSA) is 91.3 Å². The van der Waals surface area contributed by atoms with Gasteiger partial charge in [-0.1, -0.05) is 78.1 Å². The van der Waals surface area contributed by atoms with Crippen LogP contribution >= 0.6 is 7.82 Å². The molecule has 0 fully saturated rings. The lowest BCUT2D eigenvalue weighted by atomic mass is 10.1. The molecule has 0 rings (SSSR count). The lowest BCUT2D eigenvalue weighted by Gasteiger charge is -2.24. The van der Waals surface area contributed by atoms with Gasteiger partial charge in [-0.15, -0.1) is 0 Å². The van der Waals surface area contributed by atoms with Crippen molar-refractivity contribution in [3.63, 3.8) is 0 Å². The van der Waals surface area contributed by atoms with Gasteiger partial charge < -0.3 is 18.9 Å². The summed E-state index contributed by atoms with van der Waals surface area (Å²) >= 11 is 0. The van der Waals surface area contributed by atoms with Crippen LogP contribution < -0.4 is 0 Å². The van der Waals surface area contributed by atoms with Crippen molar-refractivity contribution in [1.82, 2.24) is 0 Å². The van der Waals surface area contributed by atoms with Crippen LogP contribution in [0.5, 0.6) is 0 Å². The Labute approximate surface area is 208 Å². The van der Waals surface area contributed by atoms with Gasteiger partial charge >= 0.3 is 13.8 Å². The predicted octanol–water partition coefficient (Wildman–Crippen LogP) is 5.87. The van der Waals surface area contributed by atoms with Gasteiger partial charge in [-0.05, 0) is 12.8 Å².